The molecule has 2 heterocycles. The summed E-state index contributed by atoms with van der Waals surface area (Å²) in [6.07, 6.45) is 11.0. The summed E-state index contributed by atoms with van der Waals surface area (Å²) in [4.78, 5) is 8.22. The number of ether oxygens (including phenoxy) is 2. The third-order valence-electron chi connectivity index (χ3n) is 3.82. The van der Waals surface area contributed by atoms with E-state index in [4.69, 9.17) is 15.2 Å². The summed E-state index contributed by atoms with van der Waals surface area (Å²) < 4.78 is 11.4. The second-order valence-corrected chi connectivity index (χ2v) is 6.14. The first-order chi connectivity index (χ1) is 13.3. The van der Waals surface area contributed by atoms with Gasteiger partial charge in [-0.25, -0.2) is 0 Å². The van der Waals surface area contributed by atoms with Gasteiger partial charge in [0.25, 0.3) is 0 Å². The van der Waals surface area contributed by atoms with Crippen molar-refractivity contribution >= 4 is 12.2 Å². The number of benzene rings is 1. The van der Waals surface area contributed by atoms with Gasteiger partial charge in [-0.1, -0.05) is 42.5 Å². The van der Waals surface area contributed by atoms with Crippen LogP contribution in [0, 0.1) is 0 Å². The van der Waals surface area contributed by atoms with Crippen molar-refractivity contribution in [2.45, 2.75) is 12.6 Å². The van der Waals surface area contributed by atoms with Gasteiger partial charge in [-0.3, -0.25) is 9.97 Å². The molecule has 1 atom stereocenters. The number of aromatic nitrogens is 2. The van der Waals surface area contributed by atoms with Crippen molar-refractivity contribution < 1.29 is 9.47 Å². The highest BCUT2D eigenvalue weighted by atomic mass is 16.5. The second-order valence-electron chi connectivity index (χ2n) is 6.14. The third-order valence-corrected chi connectivity index (χ3v) is 3.82. The molecule has 0 radical (unpaired) electrons. The van der Waals surface area contributed by atoms with Gasteiger partial charge in [0.1, 0.15) is 12.4 Å². The fraction of sp³-hybridized carbons (Fsp3) is 0.182. The highest BCUT2D eigenvalue weighted by Crippen LogP contribution is 2.14. The monoisotopic (exact) mass is 361 g/mol. The number of hydrogen-bond acceptors (Lipinski definition) is 5. The van der Waals surface area contributed by atoms with Gasteiger partial charge in [-0.05, 0) is 34.9 Å². The number of rotatable bonds is 9. The first-order valence-electron chi connectivity index (χ1n) is 8.83. The lowest BCUT2D eigenvalue weighted by Gasteiger charge is -2.13. The van der Waals surface area contributed by atoms with Crippen LogP contribution in [0.25, 0.3) is 12.2 Å². The minimum absolute atomic E-state index is 0.204. The normalized spacial score (nSPS) is 12.2. The minimum atomic E-state index is -0.204. The van der Waals surface area contributed by atoms with E-state index in [0.717, 1.165) is 16.7 Å². The van der Waals surface area contributed by atoms with Crippen molar-refractivity contribution in [3.8, 4) is 5.75 Å². The Morgan fingerprint density at radius 1 is 0.889 bits per heavy atom. The lowest BCUT2D eigenvalue weighted by atomic mass is 10.2. The topological polar surface area (TPSA) is 70.3 Å². The molecule has 0 spiro atoms. The third kappa shape index (κ3) is 6.66. The van der Waals surface area contributed by atoms with Crippen LogP contribution in [0.1, 0.15) is 16.7 Å². The smallest absolute Gasteiger partial charge is 0.138 e. The van der Waals surface area contributed by atoms with Crippen LogP contribution in [0.15, 0.2) is 73.3 Å². The summed E-state index contributed by atoms with van der Waals surface area (Å²) in [6, 6.07) is 15.6. The number of nitrogens with zero attached hydrogens (tertiary/aromatic N) is 2. The maximum atomic E-state index is 6.07. The summed E-state index contributed by atoms with van der Waals surface area (Å²) in [5, 5.41) is 0. The van der Waals surface area contributed by atoms with Crippen LogP contribution in [0.4, 0.5) is 0 Å². The maximum Gasteiger partial charge on any atom is 0.138 e. The number of hydrogen-bond donors (Lipinski definition) is 1. The lowest BCUT2D eigenvalue weighted by molar-refractivity contribution is 0.0935. The summed E-state index contributed by atoms with van der Waals surface area (Å²) in [6.45, 7) is 1.35. The highest BCUT2D eigenvalue weighted by molar-refractivity contribution is 5.69. The van der Waals surface area contributed by atoms with Gasteiger partial charge in [0.15, 0.2) is 0 Å². The van der Waals surface area contributed by atoms with Crippen molar-refractivity contribution in [3.63, 3.8) is 0 Å². The number of nitrogens with two attached hydrogens (primary N) is 1. The first-order valence-corrected chi connectivity index (χ1v) is 8.83. The van der Waals surface area contributed by atoms with Gasteiger partial charge >= 0.3 is 0 Å². The Bertz CT molecular complexity index is 838. The molecule has 0 aliphatic carbocycles. The highest BCUT2D eigenvalue weighted by Gasteiger charge is 2.05. The minimum Gasteiger partial charge on any atom is -0.490 e. The molecule has 3 rings (SSSR count). The van der Waals surface area contributed by atoms with E-state index < -0.39 is 0 Å². The molecule has 0 saturated carbocycles. The predicted octanol–water partition coefficient (Wildman–Crippen LogP) is 3.57. The largest absolute Gasteiger partial charge is 0.490 e. The predicted molar refractivity (Wildman–Crippen MR) is 107 cm³/mol. The molecule has 0 aliphatic rings. The fourth-order valence-corrected chi connectivity index (χ4v) is 2.43. The number of pyridine rings is 2. The van der Waals surface area contributed by atoms with Crippen LogP contribution in [0.3, 0.4) is 0 Å². The molecule has 5 nitrogen and oxygen atoms in total. The average molecular weight is 361 g/mol. The summed E-state index contributed by atoms with van der Waals surface area (Å²) in [7, 11) is 0. The molecule has 2 N–H and O–H groups in total. The maximum absolute atomic E-state index is 6.07. The van der Waals surface area contributed by atoms with Crippen molar-refractivity contribution in [1.29, 1.82) is 0 Å². The molecule has 0 fully saturated rings. The van der Waals surface area contributed by atoms with E-state index in [2.05, 4.69) is 9.97 Å². The molecule has 0 unspecified atom stereocenters. The zero-order valence-corrected chi connectivity index (χ0v) is 15.1. The Morgan fingerprint density at radius 3 is 2.48 bits per heavy atom. The molecule has 0 bridgehead atoms. The lowest BCUT2D eigenvalue weighted by Crippen LogP contribution is -2.32. The van der Waals surface area contributed by atoms with Crippen molar-refractivity contribution in [3.05, 3.63) is 90.0 Å². The SMILES string of the molecule is N[C@@H](COCc1ccccc1)COc1cncc(C=Cc2ccncc2)c1. The van der Waals surface area contributed by atoms with Crippen molar-refractivity contribution in [2.75, 3.05) is 13.2 Å². The molecule has 138 valence electrons. The van der Waals surface area contributed by atoms with Crippen LogP contribution < -0.4 is 10.5 Å². The molecule has 2 aromatic heterocycles. The fourth-order valence-electron chi connectivity index (χ4n) is 2.43. The summed E-state index contributed by atoms with van der Waals surface area (Å²) >= 11 is 0. The van der Waals surface area contributed by atoms with Gasteiger partial charge in [0, 0.05) is 18.6 Å². The molecule has 3 aromatic rings. The van der Waals surface area contributed by atoms with E-state index in [9.17, 15) is 0 Å². The van der Waals surface area contributed by atoms with Crippen molar-refractivity contribution in [2.24, 2.45) is 5.73 Å². The van der Waals surface area contributed by atoms with E-state index in [1.807, 2.05) is 60.7 Å². The van der Waals surface area contributed by atoms with E-state index in [1.54, 1.807) is 24.8 Å². The van der Waals surface area contributed by atoms with Gasteiger partial charge in [-0.2, -0.15) is 0 Å². The Morgan fingerprint density at radius 2 is 1.67 bits per heavy atom. The molecule has 27 heavy (non-hydrogen) atoms. The van der Waals surface area contributed by atoms with E-state index in [0.29, 0.717) is 25.6 Å². The van der Waals surface area contributed by atoms with Crippen LogP contribution in [0.5, 0.6) is 5.75 Å². The summed E-state index contributed by atoms with van der Waals surface area (Å²) in [5.74, 6) is 0.686. The molecule has 0 aliphatic heterocycles. The van der Waals surface area contributed by atoms with Crippen LogP contribution in [0.2, 0.25) is 0 Å². The Kier molecular flexibility index (Phi) is 7.09. The molecule has 1 aromatic carbocycles. The zero-order chi connectivity index (χ0) is 18.7. The second kappa shape index (κ2) is 10.2. The van der Waals surface area contributed by atoms with Crippen molar-refractivity contribution in [1.82, 2.24) is 9.97 Å². The van der Waals surface area contributed by atoms with E-state index in [1.165, 1.54) is 0 Å². The van der Waals surface area contributed by atoms with Gasteiger partial charge < -0.3 is 15.2 Å². The molecular weight excluding hydrogens is 338 g/mol. The Labute approximate surface area is 159 Å². The molecule has 0 saturated heterocycles. The van der Waals surface area contributed by atoms with E-state index >= 15 is 0 Å². The standard InChI is InChI=1S/C22H23N3O2/c23-21(16-26-15-19-4-2-1-3-5-19)17-27-22-12-20(13-25-14-22)7-6-18-8-10-24-11-9-18/h1-14,21H,15-17,23H2/t21-/m0/s1. The van der Waals surface area contributed by atoms with Crippen LogP contribution >= 0.6 is 0 Å². The molecular formula is C22H23N3O2. The summed E-state index contributed by atoms with van der Waals surface area (Å²) in [5.41, 5.74) is 9.23. The van der Waals surface area contributed by atoms with Gasteiger partial charge in [0.05, 0.1) is 25.5 Å². The molecule has 0 amide bonds. The quantitative estimate of drug-likeness (QED) is 0.631. The van der Waals surface area contributed by atoms with Gasteiger partial charge in [-0.15, -0.1) is 0 Å². The van der Waals surface area contributed by atoms with E-state index in [-0.39, 0.29) is 6.04 Å². The Balaban J connectivity index is 1.44. The van der Waals surface area contributed by atoms with Gasteiger partial charge in [0.2, 0.25) is 0 Å². The Hall–Kier alpha value is -3.02. The first kappa shape index (κ1) is 18.8. The zero-order valence-electron chi connectivity index (χ0n) is 15.1. The molecule has 5 heteroatoms. The van der Waals surface area contributed by atoms with Crippen LogP contribution in [-0.2, 0) is 11.3 Å². The van der Waals surface area contributed by atoms with Crippen LogP contribution in [-0.4, -0.2) is 29.2 Å². The average Bonchev–Trinajstić information content (AvgIpc) is 2.73.